The molecule has 0 radical (unpaired) electrons. The van der Waals surface area contributed by atoms with Crippen LogP contribution in [0.3, 0.4) is 0 Å². The molecule has 1 aromatic carbocycles. The summed E-state index contributed by atoms with van der Waals surface area (Å²) in [5, 5.41) is 0. The Labute approximate surface area is 161 Å². The van der Waals surface area contributed by atoms with Gasteiger partial charge in [0.2, 0.25) is 0 Å². The molecule has 5 rings (SSSR count). The fourth-order valence-electron chi connectivity index (χ4n) is 4.10. The van der Waals surface area contributed by atoms with Crippen LogP contribution in [0.2, 0.25) is 0 Å². The van der Waals surface area contributed by atoms with Crippen LogP contribution in [0.1, 0.15) is 29.0 Å². The van der Waals surface area contributed by atoms with E-state index in [2.05, 4.69) is 9.55 Å². The number of carbonyl (C=O) groups excluding carboxylic acids is 1. The lowest BCUT2D eigenvalue weighted by atomic mass is 9.89. The van der Waals surface area contributed by atoms with Crippen LogP contribution >= 0.6 is 0 Å². The molecule has 144 valence electrons. The molecule has 6 nitrogen and oxygen atoms in total. The molecule has 0 atom stereocenters. The van der Waals surface area contributed by atoms with Gasteiger partial charge in [-0.25, -0.2) is 9.37 Å². The van der Waals surface area contributed by atoms with E-state index < -0.39 is 5.82 Å². The van der Waals surface area contributed by atoms with E-state index in [1.165, 1.54) is 12.1 Å². The van der Waals surface area contributed by atoms with Gasteiger partial charge in [0.25, 0.3) is 5.91 Å². The minimum atomic E-state index is -0.395. The zero-order valence-corrected chi connectivity index (χ0v) is 15.3. The van der Waals surface area contributed by atoms with Gasteiger partial charge in [-0.2, -0.15) is 0 Å². The largest absolute Gasteiger partial charge is 0.463 e. The van der Waals surface area contributed by atoms with Crippen molar-refractivity contribution in [3.05, 3.63) is 66.1 Å². The molecule has 1 fully saturated rings. The minimum absolute atomic E-state index is 0.134. The Morgan fingerprint density at radius 1 is 1.18 bits per heavy atom. The quantitative estimate of drug-likeness (QED) is 0.682. The van der Waals surface area contributed by atoms with Gasteiger partial charge in [-0.1, -0.05) is 6.07 Å². The van der Waals surface area contributed by atoms with Gasteiger partial charge >= 0.3 is 0 Å². The first kappa shape index (κ1) is 17.2. The summed E-state index contributed by atoms with van der Waals surface area (Å²) >= 11 is 0. The Hall–Kier alpha value is -2.93. The SMILES string of the molecule is O=C(c1cccc(F)c1)N1CCC2(CC1)Cn1c(-c3ccco3)cnc1CO2. The molecule has 0 bridgehead atoms. The van der Waals surface area contributed by atoms with Gasteiger partial charge in [0.05, 0.1) is 24.6 Å². The van der Waals surface area contributed by atoms with Crippen molar-refractivity contribution in [3.8, 4) is 11.5 Å². The zero-order valence-electron chi connectivity index (χ0n) is 15.3. The van der Waals surface area contributed by atoms with E-state index in [4.69, 9.17) is 9.15 Å². The molecule has 0 aliphatic carbocycles. The van der Waals surface area contributed by atoms with E-state index in [-0.39, 0.29) is 11.5 Å². The van der Waals surface area contributed by atoms with E-state index in [0.29, 0.717) is 31.8 Å². The first-order valence-corrected chi connectivity index (χ1v) is 9.41. The summed E-state index contributed by atoms with van der Waals surface area (Å²) in [5.74, 6) is 1.14. The number of amides is 1. The zero-order chi connectivity index (χ0) is 19.1. The Morgan fingerprint density at radius 3 is 2.79 bits per heavy atom. The van der Waals surface area contributed by atoms with Crippen LogP contribution < -0.4 is 0 Å². The third kappa shape index (κ3) is 2.92. The lowest BCUT2D eigenvalue weighted by Crippen LogP contribution is -2.52. The lowest BCUT2D eigenvalue weighted by molar-refractivity contribution is -0.118. The monoisotopic (exact) mass is 381 g/mol. The second-order valence-corrected chi connectivity index (χ2v) is 7.40. The average molecular weight is 381 g/mol. The van der Waals surface area contributed by atoms with Crippen molar-refractivity contribution in [2.45, 2.75) is 31.6 Å². The molecule has 3 aromatic rings. The minimum Gasteiger partial charge on any atom is -0.463 e. The van der Waals surface area contributed by atoms with Crippen molar-refractivity contribution in [1.82, 2.24) is 14.5 Å². The van der Waals surface area contributed by atoms with Crippen LogP contribution in [0.25, 0.3) is 11.5 Å². The Kier molecular flexibility index (Phi) is 4.05. The second kappa shape index (κ2) is 6.60. The van der Waals surface area contributed by atoms with Crippen LogP contribution in [-0.2, 0) is 17.9 Å². The molecular weight excluding hydrogens is 361 g/mol. The van der Waals surface area contributed by atoms with Gasteiger partial charge < -0.3 is 18.6 Å². The standard InChI is InChI=1S/C21H20FN3O3/c22-16-4-1-3-15(11-16)20(26)24-8-6-21(7-9-24)14-25-17(18-5-2-10-27-18)12-23-19(25)13-28-21/h1-5,10-12H,6-9,13-14H2. The van der Waals surface area contributed by atoms with E-state index in [1.807, 2.05) is 18.3 Å². The Balaban J connectivity index is 1.32. The maximum atomic E-state index is 13.4. The number of carbonyl (C=O) groups is 1. The number of furan rings is 1. The molecule has 1 amide bonds. The number of ether oxygens (including phenoxy) is 1. The molecule has 7 heteroatoms. The molecule has 1 saturated heterocycles. The van der Waals surface area contributed by atoms with Crippen molar-refractivity contribution in [3.63, 3.8) is 0 Å². The highest BCUT2D eigenvalue weighted by Crippen LogP contribution is 2.36. The van der Waals surface area contributed by atoms with Gasteiger partial charge in [-0.3, -0.25) is 4.79 Å². The van der Waals surface area contributed by atoms with Crippen molar-refractivity contribution >= 4 is 5.91 Å². The Morgan fingerprint density at radius 2 is 2.04 bits per heavy atom. The number of benzene rings is 1. The number of halogens is 1. The average Bonchev–Trinajstić information content (AvgIpc) is 3.37. The fraction of sp³-hybridized carbons (Fsp3) is 0.333. The summed E-state index contributed by atoms with van der Waals surface area (Å²) in [7, 11) is 0. The smallest absolute Gasteiger partial charge is 0.253 e. The summed E-state index contributed by atoms with van der Waals surface area (Å²) < 4.78 is 27.3. The number of imidazole rings is 1. The molecule has 0 unspecified atom stereocenters. The molecule has 1 spiro atoms. The molecule has 2 aliphatic heterocycles. The number of hydrogen-bond acceptors (Lipinski definition) is 4. The number of fused-ring (bicyclic) bond motifs is 1. The summed E-state index contributed by atoms with van der Waals surface area (Å²) in [6.45, 7) is 2.28. The third-order valence-electron chi connectivity index (χ3n) is 5.70. The molecule has 4 heterocycles. The van der Waals surface area contributed by atoms with Gasteiger partial charge in [0.1, 0.15) is 23.9 Å². The normalized spacial score (nSPS) is 18.2. The van der Waals surface area contributed by atoms with Crippen molar-refractivity contribution in [2.75, 3.05) is 13.1 Å². The van der Waals surface area contributed by atoms with Crippen LogP contribution in [-0.4, -0.2) is 39.0 Å². The molecule has 0 saturated carbocycles. The van der Waals surface area contributed by atoms with Crippen LogP contribution in [0.4, 0.5) is 4.39 Å². The van der Waals surface area contributed by atoms with Crippen LogP contribution in [0, 0.1) is 5.82 Å². The first-order chi connectivity index (χ1) is 13.6. The third-order valence-corrected chi connectivity index (χ3v) is 5.70. The number of rotatable bonds is 2. The lowest BCUT2D eigenvalue weighted by Gasteiger charge is -2.44. The van der Waals surface area contributed by atoms with Crippen molar-refractivity contribution in [2.24, 2.45) is 0 Å². The van der Waals surface area contributed by atoms with Gasteiger partial charge in [0.15, 0.2) is 5.76 Å². The predicted molar refractivity (Wildman–Crippen MR) is 99.0 cm³/mol. The van der Waals surface area contributed by atoms with Crippen LogP contribution in [0.5, 0.6) is 0 Å². The summed E-state index contributed by atoms with van der Waals surface area (Å²) in [4.78, 5) is 18.9. The van der Waals surface area contributed by atoms with Gasteiger partial charge in [0, 0.05) is 18.7 Å². The van der Waals surface area contributed by atoms with Crippen LogP contribution in [0.15, 0.2) is 53.3 Å². The molecule has 0 N–H and O–H groups in total. The number of hydrogen-bond donors (Lipinski definition) is 0. The number of nitrogens with zero attached hydrogens (tertiary/aromatic N) is 3. The number of likely N-dealkylation sites (tertiary alicyclic amines) is 1. The van der Waals surface area contributed by atoms with Gasteiger partial charge in [-0.05, 0) is 43.2 Å². The van der Waals surface area contributed by atoms with Crippen molar-refractivity contribution < 1.29 is 18.3 Å². The summed E-state index contributed by atoms with van der Waals surface area (Å²) in [6, 6.07) is 9.64. The first-order valence-electron chi connectivity index (χ1n) is 9.41. The Bertz CT molecular complexity index is 1000. The molecule has 28 heavy (non-hydrogen) atoms. The number of piperidine rings is 1. The second-order valence-electron chi connectivity index (χ2n) is 7.40. The topological polar surface area (TPSA) is 60.5 Å². The maximum absolute atomic E-state index is 13.4. The predicted octanol–water partition coefficient (Wildman–Crippen LogP) is 3.49. The van der Waals surface area contributed by atoms with E-state index in [9.17, 15) is 9.18 Å². The highest BCUT2D eigenvalue weighted by molar-refractivity contribution is 5.94. The van der Waals surface area contributed by atoms with E-state index >= 15 is 0 Å². The molecule has 2 aliphatic rings. The fourth-order valence-corrected chi connectivity index (χ4v) is 4.10. The molecule has 2 aromatic heterocycles. The van der Waals surface area contributed by atoms with E-state index in [1.54, 1.807) is 23.3 Å². The van der Waals surface area contributed by atoms with Gasteiger partial charge in [-0.15, -0.1) is 0 Å². The summed E-state index contributed by atoms with van der Waals surface area (Å²) in [5.41, 5.74) is 1.01. The highest BCUT2D eigenvalue weighted by atomic mass is 19.1. The maximum Gasteiger partial charge on any atom is 0.253 e. The van der Waals surface area contributed by atoms with E-state index in [0.717, 1.165) is 30.1 Å². The highest BCUT2D eigenvalue weighted by Gasteiger charge is 2.41. The molecular formula is C21H20FN3O3. The summed E-state index contributed by atoms with van der Waals surface area (Å²) in [6.07, 6.45) is 4.92. The number of aromatic nitrogens is 2. The van der Waals surface area contributed by atoms with Crippen molar-refractivity contribution in [1.29, 1.82) is 0 Å².